The fraction of sp³-hybridized carbons (Fsp3) is 0.235. The number of para-hydroxylation sites is 2. The van der Waals surface area contributed by atoms with Crippen molar-refractivity contribution in [2.24, 2.45) is 0 Å². The number of aryl methyl sites for hydroxylation is 1. The predicted octanol–water partition coefficient (Wildman–Crippen LogP) is 3.45. The fourth-order valence-electron chi connectivity index (χ4n) is 3.11. The van der Waals surface area contributed by atoms with Gasteiger partial charge in [0.15, 0.2) is 0 Å². The van der Waals surface area contributed by atoms with Gasteiger partial charge in [-0.1, -0.05) is 41.9 Å². The number of rotatable bonds is 2. The van der Waals surface area contributed by atoms with Crippen LogP contribution in [0.1, 0.15) is 12.0 Å². The number of fused-ring (bicyclic) bond motifs is 3. The van der Waals surface area contributed by atoms with Crippen molar-refractivity contribution < 1.29 is 4.57 Å². The van der Waals surface area contributed by atoms with Gasteiger partial charge in [-0.2, -0.15) is 0 Å². The smallest absolute Gasteiger partial charge is 0.277 e. The van der Waals surface area contributed by atoms with E-state index in [9.17, 15) is 0 Å². The Morgan fingerprint density at radius 1 is 1.10 bits per heavy atom. The Hall–Kier alpha value is -2.00. The van der Waals surface area contributed by atoms with Crippen LogP contribution >= 0.6 is 11.6 Å². The average Bonchev–Trinajstić information content (AvgIpc) is 2.85. The number of aromatic nitrogens is 2. The third kappa shape index (κ3) is 2.09. The second-order valence-electron chi connectivity index (χ2n) is 5.42. The number of halogens is 1. The molecule has 0 radical (unpaired) electrons. The van der Waals surface area contributed by atoms with Crippen molar-refractivity contribution in [3.05, 3.63) is 59.1 Å². The molecule has 3 nitrogen and oxygen atoms in total. The van der Waals surface area contributed by atoms with Gasteiger partial charge in [0.2, 0.25) is 0 Å². The highest BCUT2D eigenvalue weighted by atomic mass is 35.5. The number of nitrogens with one attached hydrogen (secondary N) is 1. The van der Waals surface area contributed by atoms with Crippen LogP contribution in [0.4, 0.5) is 5.95 Å². The minimum absolute atomic E-state index is 0.787. The molecule has 0 aliphatic carbocycles. The SMILES string of the molecule is Clc1ccccc1Cn1c2[n+](c3ccccc31)CCCN2. The molecule has 0 spiro atoms. The molecule has 0 atom stereocenters. The number of imidazole rings is 1. The minimum Gasteiger partial charge on any atom is -0.277 e. The average molecular weight is 299 g/mol. The molecule has 1 aliphatic heterocycles. The third-order valence-corrected chi connectivity index (χ3v) is 4.47. The summed E-state index contributed by atoms with van der Waals surface area (Å²) in [4.78, 5) is 0. The molecule has 2 aromatic carbocycles. The molecule has 0 unspecified atom stereocenters. The van der Waals surface area contributed by atoms with Gasteiger partial charge in [0.05, 0.1) is 19.6 Å². The zero-order valence-electron chi connectivity index (χ0n) is 11.7. The van der Waals surface area contributed by atoms with E-state index in [4.69, 9.17) is 11.6 Å². The van der Waals surface area contributed by atoms with Crippen LogP contribution in [0, 0.1) is 0 Å². The molecule has 2 heterocycles. The Kier molecular flexibility index (Phi) is 3.08. The van der Waals surface area contributed by atoms with Crippen molar-refractivity contribution in [1.29, 1.82) is 0 Å². The first kappa shape index (κ1) is 12.7. The molecular weight excluding hydrogens is 282 g/mol. The van der Waals surface area contributed by atoms with Crippen molar-refractivity contribution >= 4 is 28.6 Å². The van der Waals surface area contributed by atoms with E-state index in [-0.39, 0.29) is 0 Å². The molecule has 21 heavy (non-hydrogen) atoms. The lowest BCUT2D eigenvalue weighted by Gasteiger charge is -2.12. The van der Waals surface area contributed by atoms with Gasteiger partial charge in [-0.3, -0.25) is 5.32 Å². The number of hydrogen-bond acceptors (Lipinski definition) is 1. The van der Waals surface area contributed by atoms with Crippen LogP contribution in [-0.4, -0.2) is 11.1 Å². The summed E-state index contributed by atoms with van der Waals surface area (Å²) >= 11 is 6.33. The minimum atomic E-state index is 0.787. The highest BCUT2D eigenvalue weighted by molar-refractivity contribution is 6.31. The summed E-state index contributed by atoms with van der Waals surface area (Å²) in [5.41, 5.74) is 3.68. The van der Waals surface area contributed by atoms with Crippen molar-refractivity contribution in [2.45, 2.75) is 19.5 Å². The molecule has 0 amide bonds. The van der Waals surface area contributed by atoms with Crippen LogP contribution in [-0.2, 0) is 13.1 Å². The van der Waals surface area contributed by atoms with Gasteiger partial charge in [0.25, 0.3) is 0 Å². The van der Waals surface area contributed by atoms with Crippen LogP contribution in [0.2, 0.25) is 5.02 Å². The molecule has 4 rings (SSSR count). The monoisotopic (exact) mass is 298 g/mol. The molecule has 4 heteroatoms. The summed E-state index contributed by atoms with van der Waals surface area (Å²) in [5.74, 6) is 1.18. The fourth-order valence-corrected chi connectivity index (χ4v) is 3.30. The molecular formula is C17H17ClN3+. The van der Waals surface area contributed by atoms with E-state index in [0.29, 0.717) is 0 Å². The van der Waals surface area contributed by atoms with Gasteiger partial charge in [-0.15, -0.1) is 0 Å². The van der Waals surface area contributed by atoms with E-state index in [1.54, 1.807) is 0 Å². The molecule has 106 valence electrons. The quantitative estimate of drug-likeness (QED) is 0.719. The standard InChI is InChI=1S/C17H16ClN3/c18-14-7-2-1-6-13(14)12-21-16-9-4-3-8-15(16)20-11-5-10-19-17(20)21/h1-4,6-9H,5,10-12H2/p+1. The summed E-state index contributed by atoms with van der Waals surface area (Å²) in [7, 11) is 0. The van der Waals surface area contributed by atoms with Crippen LogP contribution in [0.25, 0.3) is 11.0 Å². The van der Waals surface area contributed by atoms with Crippen LogP contribution in [0.5, 0.6) is 0 Å². The number of benzene rings is 2. The summed E-state index contributed by atoms with van der Waals surface area (Å²) in [5, 5.41) is 4.37. The summed E-state index contributed by atoms with van der Waals surface area (Å²) < 4.78 is 4.70. The summed E-state index contributed by atoms with van der Waals surface area (Å²) in [6.07, 6.45) is 1.16. The van der Waals surface area contributed by atoms with E-state index >= 15 is 0 Å². The first-order chi connectivity index (χ1) is 10.3. The third-order valence-electron chi connectivity index (χ3n) is 4.10. The molecule has 0 saturated heterocycles. The zero-order valence-corrected chi connectivity index (χ0v) is 12.5. The second-order valence-corrected chi connectivity index (χ2v) is 5.83. The van der Waals surface area contributed by atoms with Crippen molar-refractivity contribution in [3.63, 3.8) is 0 Å². The number of hydrogen-bond donors (Lipinski definition) is 1. The van der Waals surface area contributed by atoms with E-state index < -0.39 is 0 Å². The maximum absolute atomic E-state index is 6.33. The van der Waals surface area contributed by atoms with E-state index in [2.05, 4.69) is 44.8 Å². The highest BCUT2D eigenvalue weighted by Gasteiger charge is 2.26. The first-order valence-electron chi connectivity index (χ1n) is 7.33. The van der Waals surface area contributed by atoms with Crippen molar-refractivity contribution in [1.82, 2.24) is 4.57 Å². The number of nitrogens with zero attached hydrogens (tertiary/aromatic N) is 2. The lowest BCUT2D eigenvalue weighted by Crippen LogP contribution is -2.41. The lowest BCUT2D eigenvalue weighted by atomic mass is 10.2. The number of anilines is 1. The van der Waals surface area contributed by atoms with Crippen LogP contribution < -0.4 is 9.88 Å². The van der Waals surface area contributed by atoms with Crippen molar-refractivity contribution in [3.8, 4) is 0 Å². The van der Waals surface area contributed by atoms with E-state index in [1.165, 1.54) is 17.0 Å². The van der Waals surface area contributed by atoms with Gasteiger partial charge < -0.3 is 0 Å². The Labute approximate surface area is 128 Å². The largest absolute Gasteiger partial charge is 0.358 e. The first-order valence-corrected chi connectivity index (χ1v) is 7.71. The van der Waals surface area contributed by atoms with Crippen LogP contribution in [0.3, 0.4) is 0 Å². The maximum Gasteiger partial charge on any atom is 0.358 e. The van der Waals surface area contributed by atoms with Crippen LogP contribution in [0.15, 0.2) is 48.5 Å². The van der Waals surface area contributed by atoms with E-state index in [0.717, 1.165) is 36.6 Å². The molecule has 1 aliphatic rings. The topological polar surface area (TPSA) is 20.8 Å². The Morgan fingerprint density at radius 2 is 1.90 bits per heavy atom. The van der Waals surface area contributed by atoms with Gasteiger partial charge in [0, 0.05) is 17.0 Å². The summed E-state index contributed by atoms with van der Waals surface area (Å²) in [6, 6.07) is 16.6. The maximum atomic E-state index is 6.33. The van der Waals surface area contributed by atoms with Gasteiger partial charge >= 0.3 is 5.95 Å². The zero-order chi connectivity index (χ0) is 14.2. The van der Waals surface area contributed by atoms with Gasteiger partial charge in [-0.05, 0) is 18.2 Å². The molecule has 1 aromatic heterocycles. The Balaban J connectivity index is 1.90. The molecule has 1 N–H and O–H groups in total. The van der Waals surface area contributed by atoms with Gasteiger partial charge in [-0.25, -0.2) is 9.13 Å². The summed E-state index contributed by atoms with van der Waals surface area (Å²) in [6.45, 7) is 2.88. The predicted molar refractivity (Wildman–Crippen MR) is 85.8 cm³/mol. The highest BCUT2D eigenvalue weighted by Crippen LogP contribution is 2.24. The lowest BCUT2D eigenvalue weighted by molar-refractivity contribution is -0.661. The normalized spacial score (nSPS) is 14.0. The second kappa shape index (κ2) is 5.08. The molecule has 0 fully saturated rings. The Bertz CT molecular complexity index is 807. The van der Waals surface area contributed by atoms with Gasteiger partial charge in [0.1, 0.15) is 11.0 Å². The van der Waals surface area contributed by atoms with E-state index in [1.807, 2.05) is 18.2 Å². The molecule has 0 bridgehead atoms. The molecule has 3 aromatic rings. The Morgan fingerprint density at radius 3 is 2.81 bits per heavy atom. The van der Waals surface area contributed by atoms with Crippen molar-refractivity contribution in [2.75, 3.05) is 11.9 Å². The molecule has 0 saturated carbocycles.